The summed E-state index contributed by atoms with van der Waals surface area (Å²) in [4.78, 5) is 18.7. The molecule has 2 amide bonds. The second kappa shape index (κ2) is 7.65. The molecule has 0 saturated heterocycles. The fraction of sp³-hybridized carbons (Fsp3) is 0.400. The molecule has 4 rings (SSSR count). The van der Waals surface area contributed by atoms with Crippen molar-refractivity contribution in [1.29, 1.82) is 0 Å². The molecule has 0 aliphatic carbocycles. The third-order valence-electron chi connectivity index (χ3n) is 5.22. The first kappa shape index (κ1) is 19.1. The number of benzene rings is 1. The van der Waals surface area contributed by atoms with Crippen molar-refractivity contribution in [3.63, 3.8) is 0 Å². The van der Waals surface area contributed by atoms with Gasteiger partial charge in [-0.2, -0.15) is 10.1 Å². The van der Waals surface area contributed by atoms with Gasteiger partial charge in [-0.1, -0.05) is 24.2 Å². The number of hydrogen-bond acceptors (Lipinski definition) is 5. The minimum atomic E-state index is -0.368. The quantitative estimate of drug-likeness (QED) is 0.729. The molecule has 0 spiro atoms. The normalized spacial score (nSPS) is 14.6. The van der Waals surface area contributed by atoms with Crippen molar-refractivity contribution in [2.45, 2.75) is 39.3 Å². The largest absolute Gasteiger partial charge is 0.336 e. The summed E-state index contributed by atoms with van der Waals surface area (Å²) >= 11 is 0. The van der Waals surface area contributed by atoms with Crippen molar-refractivity contribution < 1.29 is 13.7 Å². The number of urea groups is 1. The van der Waals surface area contributed by atoms with E-state index in [0.717, 1.165) is 17.7 Å². The number of carbonyl (C=O) groups excluding carboxylic acids is 1. The lowest BCUT2D eigenvalue weighted by Gasteiger charge is -2.28. The second-order valence-electron chi connectivity index (χ2n) is 7.26. The zero-order valence-corrected chi connectivity index (χ0v) is 16.6. The zero-order chi connectivity index (χ0) is 20.5. The predicted molar refractivity (Wildman–Crippen MR) is 104 cm³/mol. The molecule has 0 radical (unpaired) electrons. The monoisotopic (exact) mass is 398 g/mol. The van der Waals surface area contributed by atoms with Crippen LogP contribution < -0.4 is 5.32 Å². The lowest BCUT2D eigenvalue weighted by atomic mass is 10.1. The number of fused-ring (bicyclic) bond motifs is 1. The lowest BCUT2D eigenvalue weighted by Crippen LogP contribution is -2.45. The molecule has 0 unspecified atom stereocenters. The first-order valence-corrected chi connectivity index (χ1v) is 9.66. The molecule has 1 aromatic carbocycles. The molecule has 9 heteroatoms. The first-order valence-electron chi connectivity index (χ1n) is 9.66. The molecular formula is C20H23FN6O2. The summed E-state index contributed by atoms with van der Waals surface area (Å²) in [6.45, 7) is 5.05. The molecule has 1 atom stereocenters. The van der Waals surface area contributed by atoms with E-state index >= 15 is 0 Å². The summed E-state index contributed by atoms with van der Waals surface area (Å²) in [6, 6.07) is 6.04. The van der Waals surface area contributed by atoms with E-state index < -0.39 is 0 Å². The molecule has 29 heavy (non-hydrogen) atoms. The smallest absolute Gasteiger partial charge is 0.317 e. The fourth-order valence-corrected chi connectivity index (χ4v) is 3.41. The standard InChI is InChI=1S/C20H23FN6O2/c1-4-12(2)22-20(28)27-9-8-16-15(11-27)17(24-26(16)3)19-23-18(25-29-19)13-6-5-7-14(21)10-13/h5-7,10,12H,4,8-9,11H2,1-3H3,(H,22,28)/t12-/m1/s1. The summed E-state index contributed by atoms with van der Waals surface area (Å²) in [5.74, 6) is 0.179. The maximum atomic E-state index is 13.5. The number of aromatic nitrogens is 4. The Labute approximate surface area is 167 Å². The second-order valence-corrected chi connectivity index (χ2v) is 7.26. The van der Waals surface area contributed by atoms with Gasteiger partial charge in [-0.25, -0.2) is 9.18 Å². The van der Waals surface area contributed by atoms with Crippen molar-refractivity contribution >= 4 is 6.03 Å². The molecule has 0 fully saturated rings. The highest BCUT2D eigenvalue weighted by molar-refractivity contribution is 5.75. The predicted octanol–water partition coefficient (Wildman–Crippen LogP) is 3.14. The Bertz CT molecular complexity index is 1040. The number of aryl methyl sites for hydroxylation is 1. The third-order valence-corrected chi connectivity index (χ3v) is 5.22. The number of halogens is 1. The third kappa shape index (κ3) is 3.72. The Morgan fingerprint density at radius 2 is 2.24 bits per heavy atom. The zero-order valence-electron chi connectivity index (χ0n) is 16.6. The van der Waals surface area contributed by atoms with Crippen molar-refractivity contribution in [1.82, 2.24) is 30.1 Å². The lowest BCUT2D eigenvalue weighted by molar-refractivity contribution is 0.188. The van der Waals surface area contributed by atoms with Gasteiger partial charge in [0.2, 0.25) is 5.82 Å². The number of amides is 2. The van der Waals surface area contributed by atoms with Gasteiger partial charge >= 0.3 is 6.03 Å². The van der Waals surface area contributed by atoms with Crippen LogP contribution in [0.4, 0.5) is 9.18 Å². The Hall–Kier alpha value is -3.23. The van der Waals surface area contributed by atoms with Crippen molar-refractivity contribution in [2.75, 3.05) is 6.54 Å². The van der Waals surface area contributed by atoms with Crippen LogP contribution in [-0.4, -0.2) is 43.4 Å². The van der Waals surface area contributed by atoms with Crippen molar-refractivity contribution in [3.05, 3.63) is 41.3 Å². The molecule has 0 saturated carbocycles. The van der Waals surface area contributed by atoms with E-state index in [4.69, 9.17) is 4.52 Å². The summed E-state index contributed by atoms with van der Waals surface area (Å²) in [7, 11) is 1.86. The molecule has 3 heterocycles. The van der Waals surface area contributed by atoms with Gasteiger partial charge in [-0.3, -0.25) is 4.68 Å². The van der Waals surface area contributed by atoms with E-state index in [9.17, 15) is 9.18 Å². The highest BCUT2D eigenvalue weighted by Crippen LogP contribution is 2.30. The average Bonchev–Trinajstić information content (AvgIpc) is 3.32. The van der Waals surface area contributed by atoms with Gasteiger partial charge in [0.25, 0.3) is 5.89 Å². The molecule has 152 valence electrons. The maximum absolute atomic E-state index is 13.5. The minimum Gasteiger partial charge on any atom is -0.336 e. The van der Waals surface area contributed by atoms with Gasteiger partial charge in [-0.05, 0) is 25.5 Å². The summed E-state index contributed by atoms with van der Waals surface area (Å²) < 4.78 is 20.7. The van der Waals surface area contributed by atoms with Crippen LogP contribution in [0.25, 0.3) is 23.0 Å². The maximum Gasteiger partial charge on any atom is 0.317 e. The van der Waals surface area contributed by atoms with E-state index in [1.807, 2.05) is 20.9 Å². The first-order chi connectivity index (χ1) is 14.0. The highest BCUT2D eigenvalue weighted by Gasteiger charge is 2.29. The summed E-state index contributed by atoms with van der Waals surface area (Å²) in [5.41, 5.74) is 3.02. The molecule has 2 aromatic heterocycles. The summed E-state index contributed by atoms with van der Waals surface area (Å²) in [6.07, 6.45) is 1.56. The number of carbonyl (C=O) groups is 1. The van der Waals surface area contributed by atoms with E-state index in [0.29, 0.717) is 36.6 Å². The molecule has 1 aliphatic heterocycles. The number of rotatable bonds is 4. The Morgan fingerprint density at radius 3 is 3.00 bits per heavy atom. The Kier molecular flexibility index (Phi) is 5.04. The molecule has 3 aromatic rings. The number of hydrogen-bond donors (Lipinski definition) is 1. The van der Waals surface area contributed by atoms with E-state index in [2.05, 4.69) is 20.6 Å². The van der Waals surface area contributed by atoms with Gasteiger partial charge in [0.05, 0.1) is 6.54 Å². The van der Waals surface area contributed by atoms with Crippen LogP contribution in [0.1, 0.15) is 31.5 Å². The summed E-state index contributed by atoms with van der Waals surface area (Å²) in [5, 5.41) is 11.5. The van der Waals surface area contributed by atoms with Crippen LogP contribution >= 0.6 is 0 Å². The van der Waals surface area contributed by atoms with Gasteiger partial charge in [-0.15, -0.1) is 0 Å². The van der Waals surface area contributed by atoms with Gasteiger partial charge < -0.3 is 14.7 Å². The van der Waals surface area contributed by atoms with Crippen LogP contribution in [0.3, 0.4) is 0 Å². The topological polar surface area (TPSA) is 89.1 Å². The SMILES string of the molecule is CC[C@@H](C)NC(=O)N1CCc2c(c(-c3nc(-c4cccc(F)c4)no3)nn2C)C1. The van der Waals surface area contributed by atoms with Gasteiger partial charge in [0.15, 0.2) is 5.69 Å². The molecule has 1 aliphatic rings. The highest BCUT2D eigenvalue weighted by atomic mass is 19.1. The number of nitrogens with zero attached hydrogens (tertiary/aromatic N) is 5. The Balaban J connectivity index is 1.62. The van der Waals surface area contributed by atoms with Crippen LogP contribution in [0.15, 0.2) is 28.8 Å². The number of nitrogens with one attached hydrogen (secondary N) is 1. The van der Waals surface area contributed by atoms with Crippen LogP contribution in [0.2, 0.25) is 0 Å². The van der Waals surface area contributed by atoms with Crippen molar-refractivity contribution in [3.8, 4) is 23.0 Å². The van der Waals surface area contributed by atoms with Crippen LogP contribution in [-0.2, 0) is 20.0 Å². The molecule has 1 N–H and O–H groups in total. The van der Waals surface area contributed by atoms with Gasteiger partial charge in [0, 0.05) is 42.9 Å². The Morgan fingerprint density at radius 1 is 1.41 bits per heavy atom. The van der Waals surface area contributed by atoms with Crippen molar-refractivity contribution in [2.24, 2.45) is 7.05 Å². The minimum absolute atomic E-state index is 0.0919. The van der Waals surface area contributed by atoms with E-state index in [1.165, 1.54) is 12.1 Å². The van der Waals surface area contributed by atoms with Gasteiger partial charge in [0.1, 0.15) is 5.82 Å². The molecule has 8 nitrogen and oxygen atoms in total. The molecular weight excluding hydrogens is 375 g/mol. The van der Waals surface area contributed by atoms with Crippen LogP contribution in [0.5, 0.6) is 0 Å². The fourth-order valence-electron chi connectivity index (χ4n) is 3.41. The molecule has 0 bridgehead atoms. The van der Waals surface area contributed by atoms with E-state index in [-0.39, 0.29) is 23.8 Å². The average molecular weight is 398 g/mol. The van der Waals surface area contributed by atoms with Crippen LogP contribution in [0, 0.1) is 5.82 Å². The van der Waals surface area contributed by atoms with E-state index in [1.54, 1.807) is 21.7 Å².